The first kappa shape index (κ1) is 10.8. The van der Waals surface area contributed by atoms with Crippen molar-refractivity contribution < 1.29 is 9.30 Å². The van der Waals surface area contributed by atoms with E-state index >= 15 is 0 Å². The normalized spacial score (nSPS) is 18.0. The molecule has 0 N–H and O–H groups in total. The van der Waals surface area contributed by atoms with E-state index in [2.05, 4.69) is 35.0 Å². The molecule has 0 amide bonds. The minimum atomic E-state index is 0.163. The average Bonchev–Trinajstić information content (AvgIpc) is 2.81. The number of fused-ring (bicyclic) bond motifs is 1. The lowest BCUT2D eigenvalue weighted by Crippen LogP contribution is -2.39. The summed E-state index contributed by atoms with van der Waals surface area (Å²) in [5.41, 5.74) is 1.22. The maximum Gasteiger partial charge on any atom is 0.273 e. The first-order valence-corrected chi connectivity index (χ1v) is 6.70. The second kappa shape index (κ2) is 4.90. The van der Waals surface area contributed by atoms with Gasteiger partial charge in [-0.1, -0.05) is 30.3 Å². The van der Waals surface area contributed by atoms with Crippen LogP contribution in [0.25, 0.3) is 0 Å². The van der Waals surface area contributed by atoms with Gasteiger partial charge in [-0.25, -0.2) is 0 Å². The maximum absolute atomic E-state index is 5.96. The van der Waals surface area contributed by atoms with Crippen LogP contribution in [0.2, 0.25) is 0 Å². The highest BCUT2D eigenvalue weighted by Gasteiger charge is 2.31. The van der Waals surface area contributed by atoms with E-state index in [4.69, 9.17) is 4.74 Å². The summed E-state index contributed by atoms with van der Waals surface area (Å²) in [5.74, 6) is 0.997. The number of benzene rings is 1. The second-order valence-corrected chi connectivity index (χ2v) is 5.05. The van der Waals surface area contributed by atoms with E-state index in [1.165, 1.54) is 10.6 Å². The van der Waals surface area contributed by atoms with Crippen molar-refractivity contribution in [1.82, 2.24) is 0 Å². The van der Waals surface area contributed by atoms with Crippen LogP contribution < -0.4 is 4.57 Å². The van der Waals surface area contributed by atoms with Crippen LogP contribution >= 0.6 is 11.8 Å². The Kier molecular flexibility index (Phi) is 3.12. The monoisotopic (exact) mass is 244 g/mol. The SMILES string of the molecule is c1ccc(COC2CSc3cccc[n+]32)cc1. The lowest BCUT2D eigenvalue weighted by Gasteiger charge is -2.07. The van der Waals surface area contributed by atoms with Gasteiger partial charge in [-0.3, -0.25) is 0 Å². The van der Waals surface area contributed by atoms with Crippen molar-refractivity contribution in [2.45, 2.75) is 17.9 Å². The fraction of sp³-hybridized carbons (Fsp3) is 0.214. The molecule has 1 aliphatic heterocycles. The van der Waals surface area contributed by atoms with Crippen molar-refractivity contribution >= 4 is 11.8 Å². The smallest absolute Gasteiger partial charge is 0.273 e. The van der Waals surface area contributed by atoms with E-state index in [1.54, 1.807) is 0 Å². The lowest BCUT2D eigenvalue weighted by molar-refractivity contribution is -0.784. The Morgan fingerprint density at radius 3 is 2.82 bits per heavy atom. The molecule has 0 fully saturated rings. The Morgan fingerprint density at radius 2 is 1.94 bits per heavy atom. The number of nitrogens with zero attached hydrogens (tertiary/aromatic N) is 1. The Bertz CT molecular complexity index is 501. The fourth-order valence-electron chi connectivity index (χ4n) is 1.93. The number of hydrogen-bond acceptors (Lipinski definition) is 2. The Hall–Kier alpha value is -1.32. The summed E-state index contributed by atoms with van der Waals surface area (Å²) in [5, 5.41) is 1.28. The number of ether oxygens (including phenoxy) is 1. The van der Waals surface area contributed by atoms with Gasteiger partial charge in [-0.05, 0) is 23.4 Å². The van der Waals surface area contributed by atoms with Crippen LogP contribution in [-0.4, -0.2) is 5.75 Å². The Labute approximate surface area is 105 Å². The minimum absolute atomic E-state index is 0.163. The number of hydrogen-bond donors (Lipinski definition) is 0. The summed E-state index contributed by atoms with van der Waals surface area (Å²) < 4.78 is 8.16. The molecular formula is C14H14NOS+. The average molecular weight is 244 g/mol. The third-order valence-electron chi connectivity index (χ3n) is 2.82. The van der Waals surface area contributed by atoms with Crippen molar-refractivity contribution in [2.24, 2.45) is 0 Å². The van der Waals surface area contributed by atoms with Crippen molar-refractivity contribution in [3.63, 3.8) is 0 Å². The Morgan fingerprint density at radius 1 is 1.12 bits per heavy atom. The first-order valence-electron chi connectivity index (χ1n) is 5.72. The molecule has 1 atom stereocenters. The summed E-state index contributed by atoms with van der Waals surface area (Å²) >= 11 is 1.85. The Balaban J connectivity index is 1.68. The molecule has 0 saturated heterocycles. The minimum Gasteiger partial charge on any atom is -0.315 e. The molecule has 2 heterocycles. The molecular weight excluding hydrogens is 230 g/mol. The highest BCUT2D eigenvalue weighted by Crippen LogP contribution is 2.26. The zero-order valence-corrected chi connectivity index (χ0v) is 10.3. The van der Waals surface area contributed by atoms with Gasteiger partial charge in [-0.15, -0.1) is 0 Å². The summed E-state index contributed by atoms with van der Waals surface area (Å²) in [6.07, 6.45) is 2.25. The second-order valence-electron chi connectivity index (χ2n) is 4.01. The van der Waals surface area contributed by atoms with E-state index in [0.717, 1.165) is 5.75 Å². The van der Waals surface area contributed by atoms with Gasteiger partial charge in [0.15, 0.2) is 6.20 Å². The van der Waals surface area contributed by atoms with Crippen LogP contribution in [0.15, 0.2) is 59.8 Å². The molecule has 0 saturated carbocycles. The molecule has 0 radical (unpaired) electrons. The quantitative estimate of drug-likeness (QED) is 0.770. The summed E-state index contributed by atoms with van der Waals surface area (Å²) in [6, 6.07) is 16.6. The predicted octanol–water partition coefficient (Wildman–Crippen LogP) is 2.80. The van der Waals surface area contributed by atoms with E-state index in [1.807, 2.05) is 36.0 Å². The van der Waals surface area contributed by atoms with Gasteiger partial charge in [0.1, 0.15) is 0 Å². The summed E-state index contributed by atoms with van der Waals surface area (Å²) in [7, 11) is 0. The van der Waals surface area contributed by atoms with Crippen molar-refractivity contribution in [3.8, 4) is 0 Å². The molecule has 1 unspecified atom stereocenters. The van der Waals surface area contributed by atoms with Gasteiger partial charge >= 0.3 is 0 Å². The number of thioether (sulfide) groups is 1. The zero-order valence-electron chi connectivity index (χ0n) is 9.45. The van der Waals surface area contributed by atoms with Gasteiger partial charge in [0, 0.05) is 12.1 Å². The standard InChI is InChI=1S/C14H14NOS/c1-2-6-12(7-3-1)10-16-13-11-17-14-8-4-5-9-15(13)14/h1-9,13H,10-11H2/q+1. The third-order valence-corrected chi connectivity index (χ3v) is 3.91. The van der Waals surface area contributed by atoms with Crippen LogP contribution in [0, 0.1) is 0 Å². The molecule has 1 aromatic carbocycles. The zero-order chi connectivity index (χ0) is 11.5. The van der Waals surface area contributed by atoms with Crippen LogP contribution in [0.1, 0.15) is 11.8 Å². The van der Waals surface area contributed by atoms with Gasteiger partial charge in [0.25, 0.3) is 6.23 Å². The van der Waals surface area contributed by atoms with Gasteiger partial charge < -0.3 is 4.74 Å². The van der Waals surface area contributed by atoms with Gasteiger partial charge in [0.05, 0.1) is 12.4 Å². The van der Waals surface area contributed by atoms with Crippen molar-refractivity contribution in [3.05, 3.63) is 60.3 Å². The molecule has 17 heavy (non-hydrogen) atoms. The highest BCUT2D eigenvalue weighted by atomic mass is 32.2. The fourth-order valence-corrected chi connectivity index (χ4v) is 3.00. The van der Waals surface area contributed by atoms with Gasteiger partial charge in [0.2, 0.25) is 5.03 Å². The van der Waals surface area contributed by atoms with E-state index in [9.17, 15) is 0 Å². The summed E-state index contributed by atoms with van der Waals surface area (Å²) in [4.78, 5) is 0. The largest absolute Gasteiger partial charge is 0.315 e. The van der Waals surface area contributed by atoms with Gasteiger partial charge in [-0.2, -0.15) is 4.57 Å². The molecule has 0 aliphatic carbocycles. The van der Waals surface area contributed by atoms with Crippen LogP contribution in [-0.2, 0) is 11.3 Å². The summed E-state index contributed by atoms with van der Waals surface area (Å²) in [6.45, 7) is 0.674. The third kappa shape index (κ3) is 2.35. The molecule has 1 aromatic heterocycles. The molecule has 2 nitrogen and oxygen atoms in total. The number of rotatable bonds is 3. The van der Waals surface area contributed by atoms with E-state index in [0.29, 0.717) is 6.61 Å². The molecule has 0 spiro atoms. The molecule has 86 valence electrons. The van der Waals surface area contributed by atoms with Crippen LogP contribution in [0.5, 0.6) is 0 Å². The van der Waals surface area contributed by atoms with Crippen molar-refractivity contribution in [2.75, 3.05) is 5.75 Å². The van der Waals surface area contributed by atoms with E-state index in [-0.39, 0.29) is 6.23 Å². The highest BCUT2D eigenvalue weighted by molar-refractivity contribution is 7.99. The molecule has 1 aliphatic rings. The molecule has 0 bridgehead atoms. The number of aromatic nitrogens is 1. The first-order chi connectivity index (χ1) is 8.43. The van der Waals surface area contributed by atoms with Crippen molar-refractivity contribution in [1.29, 1.82) is 0 Å². The van der Waals surface area contributed by atoms with Crippen LogP contribution in [0.3, 0.4) is 0 Å². The maximum atomic E-state index is 5.96. The lowest BCUT2D eigenvalue weighted by atomic mass is 10.2. The molecule has 3 heteroatoms. The predicted molar refractivity (Wildman–Crippen MR) is 67.6 cm³/mol. The molecule has 2 aromatic rings. The number of pyridine rings is 1. The van der Waals surface area contributed by atoms with Crippen LogP contribution in [0.4, 0.5) is 0 Å². The van der Waals surface area contributed by atoms with E-state index < -0.39 is 0 Å². The topological polar surface area (TPSA) is 13.1 Å². The molecule has 3 rings (SSSR count).